The number of carbonyl (C=O) groups is 1. The summed E-state index contributed by atoms with van der Waals surface area (Å²) in [4.78, 5) is 20.0. The number of fused-ring (bicyclic) bond motifs is 1. The minimum atomic E-state index is -0.782. The molecule has 0 saturated carbocycles. The summed E-state index contributed by atoms with van der Waals surface area (Å²) in [6.45, 7) is 0.870. The van der Waals surface area contributed by atoms with Crippen LogP contribution in [0.3, 0.4) is 0 Å². The molecule has 0 atom stereocenters. The molecule has 3 aromatic heterocycles. The maximum absolute atomic E-state index is 11.3. The molecule has 6 rings (SSSR count). The average Bonchev–Trinajstić information content (AvgIpc) is 3.47. The Hall–Kier alpha value is -3.77. The van der Waals surface area contributed by atoms with Gasteiger partial charge in [0.05, 0.1) is 22.8 Å². The van der Waals surface area contributed by atoms with Crippen molar-refractivity contribution in [1.29, 1.82) is 5.26 Å². The quantitative estimate of drug-likeness (QED) is 0.248. The number of halogens is 1. The SMILES string of the molecule is N#Cc1sccc1-c1c(-c2cccc(N3CC(C(=O)O)C3)n2)n(Sc2ccc(Cl)cc2)c2ccccc12. The number of nitriles is 1. The van der Waals surface area contributed by atoms with E-state index in [1.165, 1.54) is 11.3 Å². The Labute approximate surface area is 226 Å². The largest absolute Gasteiger partial charge is 0.481 e. The normalized spacial score (nSPS) is 13.5. The fourth-order valence-corrected chi connectivity index (χ4v) is 6.38. The molecule has 0 radical (unpaired) electrons. The lowest BCUT2D eigenvalue weighted by Crippen LogP contribution is -2.50. The number of benzene rings is 2. The van der Waals surface area contributed by atoms with Gasteiger partial charge < -0.3 is 10.0 Å². The number of para-hydroxylation sites is 1. The molecule has 4 heterocycles. The van der Waals surface area contributed by atoms with Crippen molar-refractivity contribution >= 4 is 57.6 Å². The number of pyridine rings is 1. The van der Waals surface area contributed by atoms with Crippen molar-refractivity contribution < 1.29 is 9.90 Å². The van der Waals surface area contributed by atoms with Crippen LogP contribution in [0.5, 0.6) is 0 Å². The maximum Gasteiger partial charge on any atom is 0.310 e. The number of hydrogen-bond donors (Lipinski definition) is 1. The summed E-state index contributed by atoms with van der Waals surface area (Å²) in [6.07, 6.45) is 0. The minimum Gasteiger partial charge on any atom is -0.481 e. The molecular formula is C28H19ClN4O2S2. The number of carboxylic acids is 1. The third-order valence-electron chi connectivity index (χ3n) is 6.41. The molecule has 2 aromatic carbocycles. The van der Waals surface area contributed by atoms with E-state index >= 15 is 0 Å². The van der Waals surface area contributed by atoms with E-state index < -0.39 is 5.97 Å². The van der Waals surface area contributed by atoms with Crippen LogP contribution in [0.4, 0.5) is 5.82 Å². The number of aliphatic carboxylic acids is 1. The van der Waals surface area contributed by atoms with Crippen LogP contribution in [0, 0.1) is 17.2 Å². The van der Waals surface area contributed by atoms with Crippen LogP contribution < -0.4 is 4.90 Å². The van der Waals surface area contributed by atoms with Gasteiger partial charge in [-0.15, -0.1) is 11.3 Å². The summed E-state index contributed by atoms with van der Waals surface area (Å²) in [5, 5.41) is 22.8. The second-order valence-electron chi connectivity index (χ2n) is 8.68. The molecule has 0 unspecified atom stereocenters. The Morgan fingerprint density at radius 1 is 1.08 bits per heavy atom. The van der Waals surface area contributed by atoms with Crippen molar-refractivity contribution in [2.75, 3.05) is 18.0 Å². The van der Waals surface area contributed by atoms with Gasteiger partial charge in [0.25, 0.3) is 0 Å². The highest BCUT2D eigenvalue weighted by Gasteiger charge is 2.33. The molecule has 0 spiro atoms. The van der Waals surface area contributed by atoms with Crippen molar-refractivity contribution in [2.45, 2.75) is 4.90 Å². The first-order valence-electron chi connectivity index (χ1n) is 11.5. The number of nitrogens with zero attached hydrogens (tertiary/aromatic N) is 4. The van der Waals surface area contributed by atoms with Crippen molar-refractivity contribution in [2.24, 2.45) is 5.92 Å². The molecule has 1 fully saturated rings. The standard InChI is InChI=1S/C28H19ClN4O2S2/c29-18-8-10-19(11-9-18)37-33-23-6-2-1-4-20(23)26(21-12-13-36-24(21)14-30)27(33)22-5-3-7-25(31-22)32-15-17(16-32)28(34)35/h1-13,17H,15-16H2,(H,34,35). The van der Waals surface area contributed by atoms with Crippen molar-refractivity contribution in [3.05, 3.63) is 88.1 Å². The zero-order valence-electron chi connectivity index (χ0n) is 19.3. The fraction of sp³-hybridized carbons (Fsp3) is 0.107. The minimum absolute atomic E-state index is 0.378. The lowest BCUT2D eigenvalue weighted by atomic mass is 10.00. The van der Waals surface area contributed by atoms with Gasteiger partial charge in [-0.05, 0) is 65.9 Å². The fourth-order valence-electron chi connectivity index (χ4n) is 4.56. The van der Waals surface area contributed by atoms with Gasteiger partial charge in [0.1, 0.15) is 16.8 Å². The van der Waals surface area contributed by atoms with Gasteiger partial charge in [-0.1, -0.05) is 35.9 Å². The molecule has 1 aliphatic heterocycles. The zero-order valence-corrected chi connectivity index (χ0v) is 21.7. The van der Waals surface area contributed by atoms with E-state index in [0.717, 1.165) is 44.1 Å². The Morgan fingerprint density at radius 2 is 1.86 bits per heavy atom. The monoisotopic (exact) mass is 542 g/mol. The Morgan fingerprint density at radius 3 is 2.62 bits per heavy atom. The molecule has 9 heteroatoms. The van der Waals surface area contributed by atoms with Crippen LogP contribution in [-0.2, 0) is 4.79 Å². The van der Waals surface area contributed by atoms with Crippen molar-refractivity contribution in [1.82, 2.24) is 8.96 Å². The Balaban J connectivity index is 1.57. The van der Waals surface area contributed by atoms with Crippen LogP contribution in [0.1, 0.15) is 4.88 Å². The van der Waals surface area contributed by atoms with Crippen molar-refractivity contribution in [3.8, 4) is 28.6 Å². The summed E-state index contributed by atoms with van der Waals surface area (Å²) in [5.41, 5.74) is 4.46. The number of anilines is 1. The lowest BCUT2D eigenvalue weighted by Gasteiger charge is -2.37. The molecule has 37 heavy (non-hydrogen) atoms. The number of carboxylic acid groups (broad SMARTS) is 1. The maximum atomic E-state index is 11.3. The first-order valence-corrected chi connectivity index (χ1v) is 13.6. The highest BCUT2D eigenvalue weighted by atomic mass is 35.5. The average molecular weight is 543 g/mol. The second kappa shape index (κ2) is 9.60. The van der Waals surface area contributed by atoms with E-state index in [9.17, 15) is 15.2 Å². The Bertz CT molecular complexity index is 1680. The highest BCUT2D eigenvalue weighted by Crippen LogP contribution is 2.46. The summed E-state index contributed by atoms with van der Waals surface area (Å²) >= 11 is 9.12. The zero-order chi connectivity index (χ0) is 25.5. The topological polar surface area (TPSA) is 82.2 Å². The van der Waals surface area contributed by atoms with Gasteiger partial charge in [0.15, 0.2) is 0 Å². The number of thiophene rings is 1. The number of hydrogen-bond acceptors (Lipinski definition) is 6. The molecule has 5 aromatic rings. The Kier molecular flexibility index (Phi) is 6.13. The molecule has 1 aliphatic rings. The molecule has 1 N–H and O–H groups in total. The first-order chi connectivity index (χ1) is 18.0. The van der Waals surface area contributed by atoms with E-state index in [-0.39, 0.29) is 5.92 Å². The molecule has 1 saturated heterocycles. The molecule has 0 bridgehead atoms. The van der Waals surface area contributed by atoms with Crippen LogP contribution >= 0.6 is 34.9 Å². The van der Waals surface area contributed by atoms with Crippen LogP contribution in [-0.4, -0.2) is 33.1 Å². The van der Waals surface area contributed by atoms with E-state index in [0.29, 0.717) is 23.0 Å². The predicted octanol–water partition coefficient (Wildman–Crippen LogP) is 7.03. The third kappa shape index (κ3) is 4.25. The molecule has 6 nitrogen and oxygen atoms in total. The van der Waals surface area contributed by atoms with Crippen LogP contribution in [0.2, 0.25) is 5.02 Å². The molecular weight excluding hydrogens is 524 g/mol. The predicted molar refractivity (Wildman–Crippen MR) is 149 cm³/mol. The van der Waals surface area contributed by atoms with E-state index in [1.54, 1.807) is 11.9 Å². The number of rotatable bonds is 6. The smallest absolute Gasteiger partial charge is 0.310 e. The van der Waals surface area contributed by atoms with E-state index in [1.807, 2.05) is 70.9 Å². The van der Waals surface area contributed by atoms with E-state index in [4.69, 9.17) is 16.6 Å². The summed E-state index contributed by atoms with van der Waals surface area (Å²) in [5.74, 6) is -0.423. The second-order valence-corrected chi connectivity index (χ2v) is 11.0. The van der Waals surface area contributed by atoms with Gasteiger partial charge >= 0.3 is 5.97 Å². The van der Waals surface area contributed by atoms with Gasteiger partial charge in [-0.3, -0.25) is 8.77 Å². The summed E-state index contributed by atoms with van der Waals surface area (Å²) in [6, 6.07) is 26.0. The number of aromatic nitrogens is 2. The molecule has 0 aliphatic carbocycles. The van der Waals surface area contributed by atoms with Gasteiger partial charge in [0, 0.05) is 39.5 Å². The first kappa shape index (κ1) is 23.6. The van der Waals surface area contributed by atoms with Crippen molar-refractivity contribution in [3.63, 3.8) is 0 Å². The van der Waals surface area contributed by atoms with Crippen LogP contribution in [0.15, 0.2) is 83.1 Å². The van der Waals surface area contributed by atoms with E-state index in [2.05, 4.69) is 22.2 Å². The van der Waals surface area contributed by atoms with Gasteiger partial charge in [0.2, 0.25) is 0 Å². The molecule has 0 amide bonds. The molecule has 182 valence electrons. The third-order valence-corrected chi connectivity index (χ3v) is 8.53. The lowest BCUT2D eigenvalue weighted by molar-refractivity contribution is -0.142. The van der Waals surface area contributed by atoms with Gasteiger partial charge in [-0.2, -0.15) is 5.26 Å². The summed E-state index contributed by atoms with van der Waals surface area (Å²) in [7, 11) is 0. The highest BCUT2D eigenvalue weighted by molar-refractivity contribution is 7.98. The van der Waals surface area contributed by atoms with Crippen LogP contribution in [0.25, 0.3) is 33.4 Å². The summed E-state index contributed by atoms with van der Waals surface area (Å²) < 4.78 is 2.16. The van der Waals surface area contributed by atoms with Gasteiger partial charge in [-0.25, -0.2) is 4.98 Å².